The first-order valence-electron chi connectivity index (χ1n) is 3.37. The van der Waals surface area contributed by atoms with Gasteiger partial charge in [0.25, 0.3) is 0 Å². The van der Waals surface area contributed by atoms with Crippen molar-refractivity contribution in [3.63, 3.8) is 0 Å². The zero-order valence-corrected chi connectivity index (χ0v) is 5.53. The monoisotopic (exact) mass is 112 g/mol. The van der Waals surface area contributed by atoms with Crippen LogP contribution in [0.1, 0.15) is 33.1 Å². The Morgan fingerprint density at radius 3 is 1.75 bits per heavy atom. The lowest BCUT2D eigenvalue weighted by Gasteiger charge is -1.95. The van der Waals surface area contributed by atoms with E-state index in [9.17, 15) is 0 Å². The summed E-state index contributed by atoms with van der Waals surface area (Å²) in [6.07, 6.45) is 3.93. The highest BCUT2D eigenvalue weighted by Crippen LogP contribution is 2.58. The molecule has 2 aliphatic rings. The van der Waals surface area contributed by atoms with Gasteiger partial charge in [0.05, 0.1) is 11.2 Å². The van der Waals surface area contributed by atoms with Crippen molar-refractivity contribution in [3.05, 3.63) is 0 Å². The summed E-state index contributed by atoms with van der Waals surface area (Å²) in [5.41, 5.74) is 0.597. The summed E-state index contributed by atoms with van der Waals surface area (Å²) in [5, 5.41) is 0. The summed E-state index contributed by atoms with van der Waals surface area (Å²) in [7, 11) is 0. The fourth-order valence-electron chi connectivity index (χ4n) is 1.87. The maximum Gasteiger partial charge on any atom is 0.0949 e. The van der Waals surface area contributed by atoms with Gasteiger partial charge in [-0.3, -0.25) is 0 Å². The molecule has 0 radical (unpaired) electrons. The third-order valence-electron chi connectivity index (χ3n) is 2.84. The van der Waals surface area contributed by atoms with Crippen LogP contribution < -0.4 is 0 Å². The van der Waals surface area contributed by atoms with E-state index >= 15 is 0 Å². The predicted octanol–water partition coefficient (Wildman–Crippen LogP) is 1.72. The highest BCUT2D eigenvalue weighted by Gasteiger charge is 2.65. The normalized spacial score (nSPS) is 60.8. The molecule has 1 nitrogen and oxygen atoms in total. The largest absolute Gasteiger partial charge is 0.363 e. The van der Waals surface area contributed by atoms with Crippen LogP contribution in [0, 0.1) is 0 Å². The van der Waals surface area contributed by atoms with Gasteiger partial charge < -0.3 is 4.74 Å². The van der Waals surface area contributed by atoms with Crippen molar-refractivity contribution in [1.29, 1.82) is 0 Å². The second-order valence-corrected chi connectivity index (χ2v) is 3.42. The van der Waals surface area contributed by atoms with Gasteiger partial charge in [0.2, 0.25) is 0 Å². The maximum absolute atomic E-state index is 5.53. The first-order chi connectivity index (χ1) is 3.66. The van der Waals surface area contributed by atoms with Crippen molar-refractivity contribution in [3.8, 4) is 0 Å². The number of fused-ring (bicyclic) bond motifs is 1. The van der Waals surface area contributed by atoms with Crippen molar-refractivity contribution in [2.24, 2.45) is 0 Å². The number of epoxide rings is 1. The minimum absolute atomic E-state index is 0.299. The SMILES string of the molecule is C[C@@]12CCC[C@]1(C)O2. The van der Waals surface area contributed by atoms with Crippen molar-refractivity contribution in [2.45, 2.75) is 44.3 Å². The molecule has 0 aromatic carbocycles. The molecule has 1 heterocycles. The van der Waals surface area contributed by atoms with E-state index in [4.69, 9.17) is 4.74 Å². The van der Waals surface area contributed by atoms with E-state index in [0.29, 0.717) is 11.2 Å². The van der Waals surface area contributed by atoms with Gasteiger partial charge in [-0.25, -0.2) is 0 Å². The van der Waals surface area contributed by atoms with Crippen LogP contribution in [-0.2, 0) is 4.74 Å². The van der Waals surface area contributed by atoms with Crippen LogP contribution in [0.2, 0.25) is 0 Å². The molecular formula is C7H12O. The van der Waals surface area contributed by atoms with Gasteiger partial charge in [0.1, 0.15) is 0 Å². The molecule has 46 valence electrons. The highest BCUT2D eigenvalue weighted by molar-refractivity contribution is 5.14. The fraction of sp³-hybridized carbons (Fsp3) is 1.00. The van der Waals surface area contributed by atoms with E-state index in [1.165, 1.54) is 19.3 Å². The van der Waals surface area contributed by atoms with Crippen LogP contribution in [0.3, 0.4) is 0 Å². The average molecular weight is 112 g/mol. The van der Waals surface area contributed by atoms with Gasteiger partial charge in [-0.05, 0) is 33.1 Å². The molecule has 0 spiro atoms. The average Bonchev–Trinajstić information content (AvgIpc) is 2.00. The summed E-state index contributed by atoms with van der Waals surface area (Å²) >= 11 is 0. The lowest BCUT2D eigenvalue weighted by molar-refractivity contribution is 0.232. The topological polar surface area (TPSA) is 12.5 Å². The zero-order valence-electron chi connectivity index (χ0n) is 5.53. The lowest BCUT2D eigenvalue weighted by atomic mass is 10.0. The Hall–Kier alpha value is -0.0400. The molecule has 1 saturated carbocycles. The van der Waals surface area contributed by atoms with Gasteiger partial charge in [-0.1, -0.05) is 0 Å². The number of ether oxygens (including phenoxy) is 1. The number of rotatable bonds is 0. The highest BCUT2D eigenvalue weighted by atomic mass is 16.6. The van der Waals surface area contributed by atoms with Gasteiger partial charge in [0, 0.05) is 0 Å². The summed E-state index contributed by atoms with van der Waals surface area (Å²) in [6, 6.07) is 0. The molecule has 0 aromatic rings. The molecule has 8 heavy (non-hydrogen) atoms. The Labute approximate surface area is 50.0 Å². The standard InChI is InChI=1S/C7H12O/c1-6-4-3-5-7(6,2)8-6/h3-5H2,1-2H3/t6-,7+. The molecule has 2 rings (SSSR count). The minimum Gasteiger partial charge on any atom is -0.363 e. The molecule has 0 amide bonds. The summed E-state index contributed by atoms with van der Waals surface area (Å²) in [5.74, 6) is 0. The van der Waals surface area contributed by atoms with Crippen LogP contribution in [0.15, 0.2) is 0 Å². The molecule has 0 aromatic heterocycles. The van der Waals surface area contributed by atoms with Crippen LogP contribution in [0.5, 0.6) is 0 Å². The number of hydrogen-bond acceptors (Lipinski definition) is 1. The Morgan fingerprint density at radius 1 is 1.12 bits per heavy atom. The van der Waals surface area contributed by atoms with E-state index < -0.39 is 0 Å². The molecule has 0 unspecified atom stereocenters. The molecule has 2 atom stereocenters. The van der Waals surface area contributed by atoms with Crippen molar-refractivity contribution in [2.75, 3.05) is 0 Å². The van der Waals surface area contributed by atoms with Crippen LogP contribution in [-0.4, -0.2) is 11.2 Å². The summed E-state index contributed by atoms with van der Waals surface area (Å²) in [6.45, 7) is 4.44. The quantitative estimate of drug-likeness (QED) is 0.435. The minimum atomic E-state index is 0.299. The maximum atomic E-state index is 5.53. The van der Waals surface area contributed by atoms with Gasteiger partial charge in [-0.2, -0.15) is 0 Å². The van der Waals surface area contributed by atoms with Crippen LogP contribution in [0.25, 0.3) is 0 Å². The Balaban J connectivity index is 2.26. The first kappa shape index (κ1) is 4.80. The molecule has 1 aliphatic heterocycles. The third kappa shape index (κ3) is 0.334. The molecule has 1 saturated heterocycles. The van der Waals surface area contributed by atoms with E-state index in [1.807, 2.05) is 0 Å². The molecular weight excluding hydrogens is 100 g/mol. The zero-order chi connectivity index (χ0) is 5.83. The van der Waals surface area contributed by atoms with Crippen molar-refractivity contribution < 1.29 is 4.74 Å². The smallest absolute Gasteiger partial charge is 0.0949 e. The van der Waals surface area contributed by atoms with Crippen LogP contribution >= 0.6 is 0 Å². The van der Waals surface area contributed by atoms with E-state index in [-0.39, 0.29) is 0 Å². The Morgan fingerprint density at radius 2 is 1.62 bits per heavy atom. The number of hydrogen-bond donors (Lipinski definition) is 0. The van der Waals surface area contributed by atoms with Crippen molar-refractivity contribution >= 4 is 0 Å². The Bertz CT molecular complexity index is 110. The van der Waals surface area contributed by atoms with Gasteiger partial charge in [0.15, 0.2) is 0 Å². The van der Waals surface area contributed by atoms with Crippen LogP contribution in [0.4, 0.5) is 0 Å². The molecule has 1 heteroatoms. The summed E-state index contributed by atoms with van der Waals surface area (Å²) < 4.78 is 5.53. The van der Waals surface area contributed by atoms with Crippen molar-refractivity contribution in [1.82, 2.24) is 0 Å². The molecule has 0 bridgehead atoms. The van der Waals surface area contributed by atoms with E-state index in [1.54, 1.807) is 0 Å². The third-order valence-corrected chi connectivity index (χ3v) is 2.84. The molecule has 0 N–H and O–H groups in total. The van der Waals surface area contributed by atoms with Gasteiger partial charge >= 0.3 is 0 Å². The second kappa shape index (κ2) is 0.971. The van der Waals surface area contributed by atoms with E-state index in [0.717, 1.165) is 0 Å². The molecule has 2 fully saturated rings. The van der Waals surface area contributed by atoms with E-state index in [2.05, 4.69) is 13.8 Å². The fourth-order valence-corrected chi connectivity index (χ4v) is 1.87. The second-order valence-electron chi connectivity index (χ2n) is 3.42. The summed E-state index contributed by atoms with van der Waals surface area (Å²) in [4.78, 5) is 0. The molecule has 1 aliphatic carbocycles. The Kier molecular flexibility index (Phi) is 0.583. The van der Waals surface area contributed by atoms with Gasteiger partial charge in [-0.15, -0.1) is 0 Å². The first-order valence-corrected chi connectivity index (χ1v) is 3.37. The predicted molar refractivity (Wildman–Crippen MR) is 31.7 cm³/mol. The lowest BCUT2D eigenvalue weighted by Crippen LogP contribution is -2.10.